The van der Waals surface area contributed by atoms with E-state index in [4.69, 9.17) is 5.73 Å². The molecule has 2 aliphatic rings. The van der Waals surface area contributed by atoms with Crippen LogP contribution in [0.15, 0.2) is 11.3 Å². The van der Waals surface area contributed by atoms with Gasteiger partial charge in [0.15, 0.2) is 0 Å². The molecular formula is C9H14N2OS. The molecule has 0 aromatic carbocycles. The predicted molar refractivity (Wildman–Crippen MR) is 54.1 cm³/mol. The van der Waals surface area contributed by atoms with E-state index in [1.165, 1.54) is 5.57 Å². The Kier molecular flexibility index (Phi) is 2.12. The number of allylic oxidation sites excluding steroid dienone is 1. The maximum Gasteiger partial charge on any atom is 0.247 e. The summed E-state index contributed by atoms with van der Waals surface area (Å²) in [7, 11) is 0. The van der Waals surface area contributed by atoms with E-state index in [2.05, 4.69) is 6.92 Å². The van der Waals surface area contributed by atoms with Gasteiger partial charge in [-0.3, -0.25) is 4.79 Å². The van der Waals surface area contributed by atoms with Crippen LogP contribution in [-0.2, 0) is 4.79 Å². The second kappa shape index (κ2) is 3.03. The number of nitrogens with two attached hydrogens (primary N) is 1. The average molecular weight is 198 g/mol. The molecule has 4 heteroatoms. The van der Waals surface area contributed by atoms with E-state index in [0.717, 1.165) is 17.9 Å². The lowest BCUT2D eigenvalue weighted by Gasteiger charge is -2.48. The Morgan fingerprint density at radius 1 is 1.69 bits per heavy atom. The fourth-order valence-electron chi connectivity index (χ4n) is 1.84. The summed E-state index contributed by atoms with van der Waals surface area (Å²) in [4.78, 5) is 13.3. The number of fused-ring (bicyclic) bond motifs is 1. The van der Waals surface area contributed by atoms with Gasteiger partial charge in [0, 0.05) is 11.4 Å². The van der Waals surface area contributed by atoms with E-state index in [0.29, 0.717) is 0 Å². The maximum atomic E-state index is 11.4. The first kappa shape index (κ1) is 9.09. The van der Waals surface area contributed by atoms with Gasteiger partial charge in [-0.1, -0.05) is 6.92 Å². The van der Waals surface area contributed by atoms with E-state index >= 15 is 0 Å². The molecule has 0 spiro atoms. The van der Waals surface area contributed by atoms with Gasteiger partial charge in [0.2, 0.25) is 5.91 Å². The molecule has 0 saturated carbocycles. The van der Waals surface area contributed by atoms with Crippen molar-refractivity contribution < 1.29 is 4.79 Å². The van der Waals surface area contributed by atoms with Gasteiger partial charge in [-0.25, -0.2) is 0 Å². The Bertz CT molecular complexity index is 287. The highest BCUT2D eigenvalue weighted by molar-refractivity contribution is 8.00. The number of thioether (sulfide) groups is 1. The lowest BCUT2D eigenvalue weighted by molar-refractivity contribution is -0.141. The van der Waals surface area contributed by atoms with Gasteiger partial charge in [-0.2, -0.15) is 0 Å². The SMILES string of the molecule is CCC1=C(C)N2C(=O)[C@@H](N)[C@H]2SC1. The monoisotopic (exact) mass is 198 g/mol. The summed E-state index contributed by atoms with van der Waals surface area (Å²) in [6, 6.07) is -0.265. The van der Waals surface area contributed by atoms with Crippen molar-refractivity contribution in [2.24, 2.45) is 5.73 Å². The minimum absolute atomic E-state index is 0.0839. The van der Waals surface area contributed by atoms with Crippen molar-refractivity contribution in [1.29, 1.82) is 0 Å². The van der Waals surface area contributed by atoms with Crippen LogP contribution in [0, 0.1) is 0 Å². The van der Waals surface area contributed by atoms with Gasteiger partial charge in [0.1, 0.15) is 11.4 Å². The molecule has 2 aliphatic heterocycles. The van der Waals surface area contributed by atoms with E-state index in [-0.39, 0.29) is 17.3 Å². The molecule has 2 heterocycles. The predicted octanol–water partition coefficient (Wildman–Crippen LogP) is 0.913. The van der Waals surface area contributed by atoms with Crippen LogP contribution >= 0.6 is 11.8 Å². The molecule has 0 aliphatic carbocycles. The molecule has 1 saturated heterocycles. The largest absolute Gasteiger partial charge is 0.317 e. The summed E-state index contributed by atoms with van der Waals surface area (Å²) in [5.74, 6) is 1.12. The second-order valence-corrected chi connectivity index (χ2v) is 4.58. The average Bonchev–Trinajstić information content (AvgIpc) is 2.16. The van der Waals surface area contributed by atoms with Crippen LogP contribution in [0.2, 0.25) is 0 Å². The van der Waals surface area contributed by atoms with E-state index in [1.54, 1.807) is 11.8 Å². The molecule has 0 aromatic rings. The number of rotatable bonds is 1. The fourth-order valence-corrected chi connectivity index (χ4v) is 3.36. The molecule has 2 atom stereocenters. The highest BCUT2D eigenvalue weighted by Gasteiger charge is 2.48. The normalized spacial score (nSPS) is 33.2. The van der Waals surface area contributed by atoms with Crippen LogP contribution in [0.1, 0.15) is 20.3 Å². The van der Waals surface area contributed by atoms with Crippen molar-refractivity contribution in [3.05, 3.63) is 11.3 Å². The minimum atomic E-state index is -0.265. The van der Waals surface area contributed by atoms with E-state index < -0.39 is 0 Å². The number of amides is 1. The highest BCUT2D eigenvalue weighted by atomic mass is 32.2. The molecule has 0 bridgehead atoms. The first-order chi connectivity index (χ1) is 6.16. The summed E-state index contributed by atoms with van der Waals surface area (Å²) >= 11 is 1.78. The van der Waals surface area contributed by atoms with Crippen LogP contribution in [-0.4, -0.2) is 28.0 Å². The third-order valence-corrected chi connectivity index (χ3v) is 4.17. The zero-order chi connectivity index (χ0) is 9.59. The summed E-state index contributed by atoms with van der Waals surface area (Å²) in [5, 5.41) is 0.211. The standard InChI is InChI=1S/C9H14N2OS/c1-3-6-4-13-9-7(10)8(12)11(9)5(6)2/h7,9H,3-4,10H2,1-2H3/t7-,9-/m1/s1. The van der Waals surface area contributed by atoms with Crippen molar-refractivity contribution >= 4 is 17.7 Å². The number of hydrogen-bond acceptors (Lipinski definition) is 3. The third kappa shape index (κ3) is 1.12. The van der Waals surface area contributed by atoms with Crippen molar-refractivity contribution in [1.82, 2.24) is 4.90 Å². The third-order valence-electron chi connectivity index (χ3n) is 2.81. The fraction of sp³-hybridized carbons (Fsp3) is 0.667. The zero-order valence-electron chi connectivity index (χ0n) is 7.91. The summed E-state index contributed by atoms with van der Waals surface area (Å²) in [5.41, 5.74) is 8.20. The lowest BCUT2D eigenvalue weighted by atomic mass is 10.0. The van der Waals surface area contributed by atoms with Crippen LogP contribution in [0.5, 0.6) is 0 Å². The summed E-state index contributed by atoms with van der Waals surface area (Å²) in [6.07, 6.45) is 1.03. The molecule has 0 aromatic heterocycles. The first-order valence-corrected chi connectivity index (χ1v) is 5.60. The van der Waals surface area contributed by atoms with Crippen molar-refractivity contribution in [2.75, 3.05) is 5.75 Å². The van der Waals surface area contributed by atoms with Crippen molar-refractivity contribution in [3.8, 4) is 0 Å². The number of nitrogens with zero attached hydrogens (tertiary/aromatic N) is 1. The van der Waals surface area contributed by atoms with Crippen LogP contribution in [0.4, 0.5) is 0 Å². The maximum absolute atomic E-state index is 11.4. The van der Waals surface area contributed by atoms with E-state index in [1.807, 2.05) is 11.8 Å². The molecule has 0 radical (unpaired) electrons. The Balaban J connectivity index is 2.26. The van der Waals surface area contributed by atoms with E-state index in [9.17, 15) is 4.79 Å². The number of carbonyl (C=O) groups excluding carboxylic acids is 1. The summed E-state index contributed by atoms with van der Waals surface area (Å²) in [6.45, 7) is 4.15. The van der Waals surface area contributed by atoms with Gasteiger partial charge in [-0.05, 0) is 18.9 Å². The molecular weight excluding hydrogens is 184 g/mol. The van der Waals surface area contributed by atoms with Crippen LogP contribution in [0.3, 0.4) is 0 Å². The van der Waals surface area contributed by atoms with Gasteiger partial charge in [-0.15, -0.1) is 11.8 Å². The Hall–Kier alpha value is -0.480. The number of hydrogen-bond donors (Lipinski definition) is 1. The lowest BCUT2D eigenvalue weighted by Crippen LogP contribution is -2.67. The Morgan fingerprint density at radius 3 is 3.00 bits per heavy atom. The molecule has 3 nitrogen and oxygen atoms in total. The van der Waals surface area contributed by atoms with Gasteiger partial charge >= 0.3 is 0 Å². The first-order valence-electron chi connectivity index (χ1n) is 4.55. The van der Waals surface area contributed by atoms with Gasteiger partial charge < -0.3 is 10.6 Å². The molecule has 13 heavy (non-hydrogen) atoms. The second-order valence-electron chi connectivity index (χ2n) is 3.48. The van der Waals surface area contributed by atoms with Crippen molar-refractivity contribution in [2.45, 2.75) is 31.7 Å². The van der Waals surface area contributed by atoms with Crippen LogP contribution < -0.4 is 5.73 Å². The molecule has 0 unspecified atom stereocenters. The van der Waals surface area contributed by atoms with Gasteiger partial charge in [0.05, 0.1) is 0 Å². The number of β-lactam (4-membered cyclic amide) rings is 1. The smallest absolute Gasteiger partial charge is 0.247 e. The zero-order valence-corrected chi connectivity index (χ0v) is 8.73. The topological polar surface area (TPSA) is 46.3 Å². The molecule has 2 rings (SSSR count). The quantitative estimate of drug-likeness (QED) is 0.637. The Morgan fingerprint density at radius 2 is 2.38 bits per heavy atom. The summed E-state index contributed by atoms with van der Waals surface area (Å²) < 4.78 is 0. The molecule has 1 fully saturated rings. The van der Waals surface area contributed by atoms with Crippen LogP contribution in [0.25, 0.3) is 0 Å². The molecule has 2 N–H and O–H groups in total. The Labute approximate surface area is 82.3 Å². The van der Waals surface area contributed by atoms with Gasteiger partial charge in [0.25, 0.3) is 0 Å². The van der Waals surface area contributed by atoms with Crippen molar-refractivity contribution in [3.63, 3.8) is 0 Å². The molecule has 72 valence electrons. The number of carbonyl (C=O) groups is 1. The highest BCUT2D eigenvalue weighted by Crippen LogP contribution is 2.39. The minimum Gasteiger partial charge on any atom is -0.317 e. The molecule has 1 amide bonds.